The molecule has 1 heterocycles. The van der Waals surface area contributed by atoms with Crippen molar-refractivity contribution in [1.82, 2.24) is 5.32 Å². The third-order valence-corrected chi connectivity index (χ3v) is 4.78. The van der Waals surface area contributed by atoms with Crippen LogP contribution >= 0.6 is 0 Å². The summed E-state index contributed by atoms with van der Waals surface area (Å²) in [5.74, 6) is 0.756. The number of amides is 2. The van der Waals surface area contributed by atoms with Crippen LogP contribution < -0.4 is 15.4 Å². The first-order valence-electron chi connectivity index (χ1n) is 8.40. The van der Waals surface area contributed by atoms with Gasteiger partial charge in [0.25, 0.3) is 5.91 Å². The number of rotatable bonds is 3. The number of carbonyl (C=O) groups is 2. The maximum Gasteiger partial charge on any atom is 0.266 e. The summed E-state index contributed by atoms with van der Waals surface area (Å²) in [6.07, 6.45) is 3.86. The van der Waals surface area contributed by atoms with Crippen LogP contribution in [0.5, 0.6) is 5.75 Å². The first-order valence-corrected chi connectivity index (χ1v) is 8.40. The monoisotopic (exact) mass is 316 g/mol. The van der Waals surface area contributed by atoms with Crippen molar-refractivity contribution in [3.05, 3.63) is 23.8 Å². The van der Waals surface area contributed by atoms with Gasteiger partial charge in [-0.05, 0) is 43.4 Å². The molecule has 1 fully saturated rings. The number of hydrogen-bond donors (Lipinski definition) is 2. The van der Waals surface area contributed by atoms with Crippen LogP contribution in [0, 0.1) is 12.8 Å². The van der Waals surface area contributed by atoms with Gasteiger partial charge in [0.05, 0.1) is 12.1 Å². The molecule has 23 heavy (non-hydrogen) atoms. The topological polar surface area (TPSA) is 67.4 Å². The molecule has 0 unspecified atom stereocenters. The molecule has 1 saturated carbocycles. The molecule has 0 saturated heterocycles. The second kappa shape index (κ2) is 6.60. The van der Waals surface area contributed by atoms with Crippen molar-refractivity contribution in [3.8, 4) is 5.75 Å². The predicted molar refractivity (Wildman–Crippen MR) is 88.4 cm³/mol. The van der Waals surface area contributed by atoms with Crippen LogP contribution in [-0.2, 0) is 9.59 Å². The summed E-state index contributed by atoms with van der Waals surface area (Å²) in [6, 6.07) is 5.85. The first-order chi connectivity index (χ1) is 11.0. The molecule has 1 aromatic carbocycles. The lowest BCUT2D eigenvalue weighted by molar-refractivity contribution is -0.131. The summed E-state index contributed by atoms with van der Waals surface area (Å²) >= 11 is 0. The molecule has 1 aromatic rings. The molecule has 0 spiro atoms. The lowest BCUT2D eigenvalue weighted by Gasteiger charge is -2.30. The standard InChI is InChI=1S/C18H24N2O3/c1-11-7-8-15-14(9-11)20-18(22)16(23-15)10-17(21)19-13-6-4-3-5-12(13)2/h7-9,12-13,16H,3-6,10H2,1-2H3,(H,19,21)(H,20,22)/t12-,13-,16+/m1/s1. The van der Waals surface area contributed by atoms with Gasteiger partial charge < -0.3 is 15.4 Å². The average Bonchev–Trinajstić information content (AvgIpc) is 2.50. The summed E-state index contributed by atoms with van der Waals surface area (Å²) in [6.45, 7) is 4.13. The van der Waals surface area contributed by atoms with E-state index in [0.29, 0.717) is 17.4 Å². The third-order valence-electron chi connectivity index (χ3n) is 4.78. The van der Waals surface area contributed by atoms with Crippen LogP contribution in [0.3, 0.4) is 0 Å². The van der Waals surface area contributed by atoms with E-state index in [1.807, 2.05) is 25.1 Å². The number of hydrogen-bond acceptors (Lipinski definition) is 3. The Morgan fingerprint density at radius 2 is 2.13 bits per heavy atom. The van der Waals surface area contributed by atoms with Crippen molar-refractivity contribution in [2.24, 2.45) is 5.92 Å². The molecule has 3 rings (SSSR count). The van der Waals surface area contributed by atoms with Gasteiger partial charge >= 0.3 is 0 Å². The van der Waals surface area contributed by atoms with Gasteiger partial charge in [0.2, 0.25) is 5.91 Å². The normalized spacial score (nSPS) is 26.7. The summed E-state index contributed by atoms with van der Waals surface area (Å²) in [5, 5.41) is 5.90. The van der Waals surface area contributed by atoms with Crippen molar-refractivity contribution in [2.75, 3.05) is 5.32 Å². The quantitative estimate of drug-likeness (QED) is 0.901. The Kier molecular flexibility index (Phi) is 4.55. The molecule has 5 nitrogen and oxygen atoms in total. The van der Waals surface area contributed by atoms with E-state index in [-0.39, 0.29) is 24.3 Å². The van der Waals surface area contributed by atoms with Gasteiger partial charge in [-0.15, -0.1) is 0 Å². The minimum atomic E-state index is -0.760. The number of benzene rings is 1. The van der Waals surface area contributed by atoms with Crippen molar-refractivity contribution in [2.45, 2.75) is 58.1 Å². The summed E-state index contributed by atoms with van der Waals surface area (Å²) < 4.78 is 5.71. The van der Waals surface area contributed by atoms with Gasteiger partial charge in [0, 0.05) is 6.04 Å². The van der Waals surface area contributed by atoms with Crippen molar-refractivity contribution < 1.29 is 14.3 Å². The zero-order chi connectivity index (χ0) is 16.4. The predicted octanol–water partition coefficient (Wildman–Crippen LogP) is 2.78. The molecule has 2 aliphatic rings. The molecule has 3 atom stereocenters. The van der Waals surface area contributed by atoms with Crippen LogP contribution in [-0.4, -0.2) is 24.0 Å². The molecule has 1 aliphatic carbocycles. The van der Waals surface area contributed by atoms with E-state index < -0.39 is 6.10 Å². The molecule has 124 valence electrons. The number of anilines is 1. The highest BCUT2D eigenvalue weighted by Gasteiger charge is 2.31. The van der Waals surface area contributed by atoms with E-state index in [1.165, 1.54) is 6.42 Å². The van der Waals surface area contributed by atoms with E-state index >= 15 is 0 Å². The minimum absolute atomic E-state index is 0.0579. The highest BCUT2D eigenvalue weighted by atomic mass is 16.5. The van der Waals surface area contributed by atoms with E-state index in [0.717, 1.165) is 24.8 Å². The van der Waals surface area contributed by atoms with Crippen LogP contribution in [0.2, 0.25) is 0 Å². The fraction of sp³-hybridized carbons (Fsp3) is 0.556. The summed E-state index contributed by atoms with van der Waals surface area (Å²) in [4.78, 5) is 24.4. The van der Waals surface area contributed by atoms with Crippen molar-refractivity contribution in [1.29, 1.82) is 0 Å². The third kappa shape index (κ3) is 3.66. The van der Waals surface area contributed by atoms with Crippen molar-refractivity contribution >= 4 is 17.5 Å². The van der Waals surface area contributed by atoms with E-state index in [4.69, 9.17) is 4.74 Å². The Hall–Kier alpha value is -2.04. The van der Waals surface area contributed by atoms with Crippen LogP contribution in [0.1, 0.15) is 44.6 Å². The highest BCUT2D eigenvalue weighted by Crippen LogP contribution is 2.31. The number of carbonyl (C=O) groups excluding carboxylic acids is 2. The lowest BCUT2D eigenvalue weighted by Crippen LogP contribution is -2.45. The van der Waals surface area contributed by atoms with Crippen molar-refractivity contribution in [3.63, 3.8) is 0 Å². The van der Waals surface area contributed by atoms with Gasteiger partial charge in [0.15, 0.2) is 6.10 Å². The highest BCUT2D eigenvalue weighted by molar-refractivity contribution is 6.00. The van der Waals surface area contributed by atoms with Gasteiger partial charge in [-0.25, -0.2) is 0 Å². The Morgan fingerprint density at radius 1 is 1.35 bits per heavy atom. The fourth-order valence-electron chi connectivity index (χ4n) is 3.36. The number of aryl methyl sites for hydroxylation is 1. The Labute approximate surface area is 136 Å². The Balaban J connectivity index is 1.60. The van der Waals surface area contributed by atoms with Crippen LogP contribution in [0.4, 0.5) is 5.69 Å². The molecule has 5 heteroatoms. The van der Waals surface area contributed by atoms with Gasteiger partial charge in [-0.1, -0.05) is 25.8 Å². The SMILES string of the molecule is Cc1ccc2c(c1)NC(=O)[C@H](CC(=O)N[C@@H]1CCCC[C@H]1C)O2. The maximum atomic E-state index is 12.3. The van der Waals surface area contributed by atoms with Crippen LogP contribution in [0.15, 0.2) is 18.2 Å². The first kappa shape index (κ1) is 15.8. The second-order valence-corrected chi connectivity index (χ2v) is 6.74. The maximum absolute atomic E-state index is 12.3. The van der Waals surface area contributed by atoms with Gasteiger partial charge in [-0.3, -0.25) is 9.59 Å². The molecular weight excluding hydrogens is 292 g/mol. The summed E-state index contributed by atoms with van der Waals surface area (Å²) in [7, 11) is 0. The molecule has 2 amide bonds. The Morgan fingerprint density at radius 3 is 2.91 bits per heavy atom. The minimum Gasteiger partial charge on any atom is -0.478 e. The van der Waals surface area contributed by atoms with Crippen LogP contribution in [0.25, 0.3) is 0 Å². The van der Waals surface area contributed by atoms with Gasteiger partial charge in [-0.2, -0.15) is 0 Å². The molecule has 0 radical (unpaired) electrons. The molecule has 1 aliphatic heterocycles. The fourth-order valence-corrected chi connectivity index (χ4v) is 3.36. The molecular formula is C18H24N2O3. The van der Waals surface area contributed by atoms with E-state index in [2.05, 4.69) is 17.6 Å². The second-order valence-electron chi connectivity index (χ2n) is 6.74. The molecule has 0 aromatic heterocycles. The zero-order valence-electron chi connectivity index (χ0n) is 13.7. The Bertz CT molecular complexity index is 614. The summed E-state index contributed by atoms with van der Waals surface area (Å²) in [5.41, 5.74) is 1.72. The van der Waals surface area contributed by atoms with Gasteiger partial charge in [0.1, 0.15) is 5.75 Å². The number of nitrogens with one attached hydrogen (secondary N) is 2. The van der Waals surface area contributed by atoms with E-state index in [9.17, 15) is 9.59 Å². The smallest absolute Gasteiger partial charge is 0.266 e. The number of ether oxygens (including phenoxy) is 1. The molecule has 2 N–H and O–H groups in total. The largest absolute Gasteiger partial charge is 0.478 e. The lowest BCUT2D eigenvalue weighted by atomic mass is 9.86. The zero-order valence-corrected chi connectivity index (χ0v) is 13.7. The number of fused-ring (bicyclic) bond motifs is 1. The molecule has 0 bridgehead atoms. The average molecular weight is 316 g/mol. The van der Waals surface area contributed by atoms with E-state index in [1.54, 1.807) is 0 Å².